The number of methoxy groups -OCH3 is 1. The van der Waals surface area contributed by atoms with Gasteiger partial charge in [-0.3, -0.25) is 4.98 Å². The highest BCUT2D eigenvalue weighted by Crippen LogP contribution is 2.33. The zero-order valence-electron chi connectivity index (χ0n) is 13.0. The maximum atomic E-state index is 5.99. The van der Waals surface area contributed by atoms with E-state index in [1.165, 1.54) is 0 Å². The van der Waals surface area contributed by atoms with Crippen molar-refractivity contribution in [3.8, 4) is 17.2 Å². The first-order valence-electron chi connectivity index (χ1n) is 7.09. The van der Waals surface area contributed by atoms with Crippen LogP contribution in [0.25, 0.3) is 0 Å². The van der Waals surface area contributed by atoms with E-state index < -0.39 is 0 Å². The number of hydrogen-bond acceptors (Lipinski definition) is 4. The number of nitrogens with one attached hydrogen (secondary N) is 1. The minimum atomic E-state index is 0.417. The van der Waals surface area contributed by atoms with E-state index in [4.69, 9.17) is 9.47 Å². The summed E-state index contributed by atoms with van der Waals surface area (Å²) in [5.41, 5.74) is 2.20. The summed E-state index contributed by atoms with van der Waals surface area (Å²) in [7, 11) is 1.64. The highest BCUT2D eigenvalue weighted by atomic mass is 16.5. The predicted molar refractivity (Wildman–Crippen MR) is 84.0 cm³/mol. The third kappa shape index (κ3) is 4.20. The van der Waals surface area contributed by atoms with Gasteiger partial charge < -0.3 is 14.8 Å². The molecule has 0 aliphatic carbocycles. The second-order valence-corrected chi connectivity index (χ2v) is 5.28. The Morgan fingerprint density at radius 3 is 2.67 bits per heavy atom. The van der Waals surface area contributed by atoms with Gasteiger partial charge in [0.1, 0.15) is 5.75 Å². The molecule has 0 bridgehead atoms. The fourth-order valence-electron chi connectivity index (χ4n) is 1.94. The van der Waals surface area contributed by atoms with Gasteiger partial charge in [0.15, 0.2) is 11.5 Å². The Balaban J connectivity index is 2.23. The molecule has 0 aliphatic rings. The summed E-state index contributed by atoms with van der Waals surface area (Å²) in [5, 5.41) is 3.39. The Bertz CT molecular complexity index is 597. The molecule has 2 rings (SSSR count). The predicted octanol–water partition coefficient (Wildman–Crippen LogP) is 3.69. The minimum Gasteiger partial charge on any atom is -0.493 e. The SMILES string of the molecule is COc1cc(C)ccc1Oc1cnccc1CNC(C)C. The summed E-state index contributed by atoms with van der Waals surface area (Å²) in [6.45, 7) is 6.99. The molecule has 0 radical (unpaired) electrons. The maximum absolute atomic E-state index is 5.99. The average molecular weight is 286 g/mol. The lowest BCUT2D eigenvalue weighted by Gasteiger charge is -2.15. The molecule has 1 N–H and O–H groups in total. The quantitative estimate of drug-likeness (QED) is 0.879. The van der Waals surface area contributed by atoms with Gasteiger partial charge in [0.2, 0.25) is 0 Å². The van der Waals surface area contributed by atoms with Gasteiger partial charge in [-0.05, 0) is 30.7 Å². The number of nitrogens with zero attached hydrogens (tertiary/aromatic N) is 1. The van der Waals surface area contributed by atoms with Crippen LogP contribution in [0.5, 0.6) is 17.2 Å². The van der Waals surface area contributed by atoms with Crippen LogP contribution in [0.2, 0.25) is 0 Å². The molecule has 4 heteroatoms. The first-order valence-corrected chi connectivity index (χ1v) is 7.09. The standard InChI is InChI=1S/C17H22N2O2/c1-12(2)19-10-14-7-8-18-11-17(14)21-15-6-5-13(3)9-16(15)20-4/h5-9,11-12,19H,10H2,1-4H3. The lowest BCUT2D eigenvalue weighted by atomic mass is 10.2. The third-order valence-electron chi connectivity index (χ3n) is 3.11. The van der Waals surface area contributed by atoms with Crippen molar-refractivity contribution >= 4 is 0 Å². The van der Waals surface area contributed by atoms with Crippen LogP contribution in [0.3, 0.4) is 0 Å². The van der Waals surface area contributed by atoms with Gasteiger partial charge in [0, 0.05) is 24.3 Å². The van der Waals surface area contributed by atoms with E-state index in [0.717, 1.165) is 29.2 Å². The molecular formula is C17H22N2O2. The van der Waals surface area contributed by atoms with E-state index in [2.05, 4.69) is 24.1 Å². The second kappa shape index (κ2) is 7.09. The van der Waals surface area contributed by atoms with Crippen LogP contribution < -0.4 is 14.8 Å². The number of rotatable bonds is 6. The van der Waals surface area contributed by atoms with Crippen LogP contribution >= 0.6 is 0 Å². The van der Waals surface area contributed by atoms with Crippen molar-refractivity contribution in [2.75, 3.05) is 7.11 Å². The van der Waals surface area contributed by atoms with E-state index in [-0.39, 0.29) is 0 Å². The first-order chi connectivity index (χ1) is 10.1. The van der Waals surface area contributed by atoms with Gasteiger partial charge in [-0.2, -0.15) is 0 Å². The van der Waals surface area contributed by atoms with Crippen LogP contribution in [0.15, 0.2) is 36.7 Å². The van der Waals surface area contributed by atoms with Crippen molar-refractivity contribution in [3.05, 3.63) is 47.8 Å². The molecule has 0 fully saturated rings. The molecule has 2 aromatic rings. The first kappa shape index (κ1) is 15.3. The molecule has 112 valence electrons. The molecule has 0 unspecified atom stereocenters. The monoisotopic (exact) mass is 286 g/mol. The normalized spacial score (nSPS) is 10.7. The topological polar surface area (TPSA) is 43.4 Å². The maximum Gasteiger partial charge on any atom is 0.169 e. The molecule has 0 saturated heterocycles. The van der Waals surface area contributed by atoms with Gasteiger partial charge >= 0.3 is 0 Å². The lowest BCUT2D eigenvalue weighted by molar-refractivity contribution is 0.376. The smallest absolute Gasteiger partial charge is 0.169 e. The molecule has 0 saturated carbocycles. The molecule has 0 aliphatic heterocycles. The largest absolute Gasteiger partial charge is 0.493 e. The van der Waals surface area contributed by atoms with Crippen molar-refractivity contribution in [1.29, 1.82) is 0 Å². The summed E-state index contributed by atoms with van der Waals surface area (Å²) in [6, 6.07) is 8.25. The van der Waals surface area contributed by atoms with Crippen LogP contribution in [0.4, 0.5) is 0 Å². The summed E-state index contributed by atoms with van der Waals surface area (Å²) in [4.78, 5) is 4.15. The van der Waals surface area contributed by atoms with E-state index in [1.54, 1.807) is 19.5 Å². The zero-order chi connectivity index (χ0) is 15.2. The van der Waals surface area contributed by atoms with Gasteiger partial charge in [-0.15, -0.1) is 0 Å². The summed E-state index contributed by atoms with van der Waals surface area (Å²) in [5.74, 6) is 2.16. The zero-order valence-corrected chi connectivity index (χ0v) is 13.0. The Kier molecular flexibility index (Phi) is 5.17. The van der Waals surface area contributed by atoms with Crippen LogP contribution in [-0.4, -0.2) is 18.1 Å². The number of aryl methyl sites for hydroxylation is 1. The van der Waals surface area contributed by atoms with E-state index in [9.17, 15) is 0 Å². The summed E-state index contributed by atoms with van der Waals surface area (Å²) < 4.78 is 11.4. The molecule has 0 amide bonds. The van der Waals surface area contributed by atoms with Gasteiger partial charge in [0.05, 0.1) is 13.3 Å². The Morgan fingerprint density at radius 1 is 1.14 bits per heavy atom. The average Bonchev–Trinajstić information content (AvgIpc) is 2.48. The minimum absolute atomic E-state index is 0.417. The number of pyridine rings is 1. The molecule has 21 heavy (non-hydrogen) atoms. The highest BCUT2D eigenvalue weighted by molar-refractivity contribution is 5.46. The Labute approximate surface area is 126 Å². The third-order valence-corrected chi connectivity index (χ3v) is 3.11. The molecule has 0 spiro atoms. The van der Waals surface area contributed by atoms with E-state index >= 15 is 0 Å². The number of ether oxygens (including phenoxy) is 2. The van der Waals surface area contributed by atoms with Crippen molar-refractivity contribution in [1.82, 2.24) is 10.3 Å². The summed E-state index contributed by atoms with van der Waals surface area (Å²) >= 11 is 0. The highest BCUT2D eigenvalue weighted by Gasteiger charge is 2.10. The van der Waals surface area contributed by atoms with Crippen molar-refractivity contribution in [2.45, 2.75) is 33.4 Å². The number of benzene rings is 1. The van der Waals surface area contributed by atoms with Crippen LogP contribution in [-0.2, 0) is 6.54 Å². The van der Waals surface area contributed by atoms with Gasteiger partial charge in [-0.25, -0.2) is 0 Å². The molecule has 1 aromatic heterocycles. The van der Waals surface area contributed by atoms with E-state index in [1.807, 2.05) is 31.2 Å². The fourth-order valence-corrected chi connectivity index (χ4v) is 1.94. The number of hydrogen-bond donors (Lipinski definition) is 1. The summed E-state index contributed by atoms with van der Waals surface area (Å²) in [6.07, 6.45) is 3.51. The second-order valence-electron chi connectivity index (χ2n) is 5.28. The van der Waals surface area contributed by atoms with Crippen molar-refractivity contribution in [3.63, 3.8) is 0 Å². The van der Waals surface area contributed by atoms with Gasteiger partial charge in [0.25, 0.3) is 0 Å². The van der Waals surface area contributed by atoms with Crippen molar-refractivity contribution < 1.29 is 9.47 Å². The Morgan fingerprint density at radius 2 is 1.95 bits per heavy atom. The van der Waals surface area contributed by atoms with Crippen LogP contribution in [0, 0.1) is 6.92 Å². The molecule has 0 atom stereocenters. The fraction of sp³-hybridized carbons (Fsp3) is 0.353. The van der Waals surface area contributed by atoms with Gasteiger partial charge in [-0.1, -0.05) is 19.9 Å². The molecular weight excluding hydrogens is 264 g/mol. The van der Waals surface area contributed by atoms with E-state index in [0.29, 0.717) is 11.8 Å². The lowest BCUT2D eigenvalue weighted by Crippen LogP contribution is -2.22. The number of aromatic nitrogens is 1. The van der Waals surface area contributed by atoms with Crippen molar-refractivity contribution in [2.24, 2.45) is 0 Å². The molecule has 1 aromatic carbocycles. The molecule has 4 nitrogen and oxygen atoms in total. The molecule has 1 heterocycles. The Hall–Kier alpha value is -2.07. The van der Waals surface area contributed by atoms with Crippen LogP contribution in [0.1, 0.15) is 25.0 Å².